The van der Waals surface area contributed by atoms with Crippen molar-refractivity contribution in [2.24, 2.45) is 11.1 Å². The lowest BCUT2D eigenvalue weighted by Gasteiger charge is -2.59. The second-order valence-electron chi connectivity index (χ2n) is 10.8. The van der Waals surface area contributed by atoms with Crippen LogP contribution in [0.5, 0.6) is 5.75 Å². The number of carbonyl (C=O) groups is 1. The Morgan fingerprint density at radius 2 is 1.97 bits per heavy atom. The van der Waals surface area contributed by atoms with Crippen LogP contribution in [-0.2, 0) is 14.6 Å². The van der Waals surface area contributed by atoms with Crippen LogP contribution in [0.3, 0.4) is 0 Å². The van der Waals surface area contributed by atoms with Gasteiger partial charge in [-0.1, -0.05) is 11.6 Å². The zero-order chi connectivity index (χ0) is 28.7. The molecule has 0 unspecified atom stereocenters. The van der Waals surface area contributed by atoms with Crippen molar-refractivity contribution in [3.8, 4) is 17.1 Å². The van der Waals surface area contributed by atoms with Crippen LogP contribution in [-0.4, -0.2) is 80.2 Å². The summed E-state index contributed by atoms with van der Waals surface area (Å²) >= 11 is 6.59. The fourth-order valence-electron chi connectivity index (χ4n) is 5.44. The summed E-state index contributed by atoms with van der Waals surface area (Å²) in [5.74, 6) is 1.22. The first-order valence-corrected chi connectivity index (χ1v) is 15.1. The fourth-order valence-corrected chi connectivity index (χ4v) is 6.96. The normalized spacial score (nSPS) is 18.3. The van der Waals surface area contributed by atoms with Crippen LogP contribution in [0, 0.1) is 12.3 Å². The van der Waals surface area contributed by atoms with Gasteiger partial charge >= 0.3 is 0 Å². The number of aromatic nitrogens is 2. The molecule has 1 aromatic heterocycles. The smallest absolute Gasteiger partial charge is 0.163 e. The highest BCUT2D eigenvalue weighted by Crippen LogP contribution is 2.52. The van der Waals surface area contributed by atoms with Gasteiger partial charge in [0.1, 0.15) is 34.1 Å². The summed E-state index contributed by atoms with van der Waals surface area (Å²) in [7, 11) is -1.31. The third-order valence-electron chi connectivity index (χ3n) is 7.44. The number of ether oxygens (including phenoxy) is 1. The second-order valence-corrected chi connectivity index (χ2v) is 13.6. The van der Waals surface area contributed by atoms with Crippen LogP contribution in [0.4, 0.5) is 5.82 Å². The lowest BCUT2D eigenvalue weighted by Crippen LogP contribution is -2.65. The molecule has 1 aliphatic heterocycles. The molecule has 1 atom stereocenters. The van der Waals surface area contributed by atoms with E-state index in [1.54, 1.807) is 32.2 Å². The van der Waals surface area contributed by atoms with Crippen LogP contribution >= 0.6 is 11.6 Å². The van der Waals surface area contributed by atoms with E-state index in [2.05, 4.69) is 10.2 Å². The monoisotopic (exact) mass is 577 g/mol. The molecule has 1 aromatic carbocycles. The van der Waals surface area contributed by atoms with Crippen LogP contribution in [0.15, 0.2) is 23.9 Å². The van der Waals surface area contributed by atoms with E-state index in [0.717, 1.165) is 0 Å². The molecule has 2 fully saturated rings. The molecule has 212 valence electrons. The predicted octanol–water partition coefficient (Wildman–Crippen LogP) is 2.36. The molecular formula is C27H36ClN5O5S. The lowest BCUT2D eigenvalue weighted by atomic mass is 9.63. The molecule has 2 heterocycles. The SMILES string of the molecule is CNC[C@@H](O)COc1ccc(Cl)c(-c2nc(C(C(C)=O)=C(C)N)c(C)c(N3CC4(CC(S(C)(=O)=O)C4)C3)n2)c1. The first kappa shape index (κ1) is 29.3. The Kier molecular flexibility index (Phi) is 8.28. The number of aliphatic hydroxyl groups is 1. The van der Waals surface area contributed by atoms with Crippen molar-refractivity contribution in [2.75, 3.05) is 44.4 Å². The molecule has 1 saturated heterocycles. The number of likely N-dealkylation sites (N-methyl/N-ethyl adjacent to an activating group) is 1. The number of halogens is 1. The van der Waals surface area contributed by atoms with Gasteiger partial charge in [0.25, 0.3) is 0 Å². The summed E-state index contributed by atoms with van der Waals surface area (Å²) in [4.78, 5) is 24.3. The van der Waals surface area contributed by atoms with E-state index < -0.39 is 15.9 Å². The molecule has 4 rings (SSSR count). The molecule has 2 aliphatic rings. The Hall–Kier alpha value is -2.73. The number of anilines is 1. The van der Waals surface area contributed by atoms with Crippen molar-refractivity contribution < 1.29 is 23.1 Å². The third kappa shape index (κ3) is 6.06. The number of aliphatic hydroxyl groups excluding tert-OH is 1. The number of hydrogen-bond acceptors (Lipinski definition) is 10. The Labute approximate surface area is 234 Å². The van der Waals surface area contributed by atoms with Gasteiger partial charge in [0.15, 0.2) is 11.6 Å². The summed E-state index contributed by atoms with van der Waals surface area (Å²) in [6.07, 6.45) is 1.88. The quantitative estimate of drug-likeness (QED) is 0.359. The maximum absolute atomic E-state index is 12.6. The molecule has 4 N–H and O–H groups in total. The van der Waals surface area contributed by atoms with Crippen LogP contribution in [0.1, 0.15) is 37.9 Å². The summed E-state index contributed by atoms with van der Waals surface area (Å²) in [5.41, 5.74) is 8.39. The second kappa shape index (κ2) is 11.0. The van der Waals surface area contributed by atoms with Crippen LogP contribution in [0.25, 0.3) is 17.0 Å². The molecule has 0 amide bonds. The van der Waals surface area contributed by atoms with Gasteiger partial charge in [-0.2, -0.15) is 0 Å². The highest BCUT2D eigenvalue weighted by atomic mass is 35.5. The number of benzene rings is 1. The standard InChI is InChI=1S/C27H36ClN5O5S/c1-15-24(23(16(2)29)17(3)34)31-25(21-8-19(6-7-22(21)28)38-12-18(35)11-30-4)32-26(15)33-13-27(14-33)9-20(10-27)39(5,36)37/h6-8,18,20,30,35H,9-14,29H2,1-5H3/t18-/m1/s1. The number of allylic oxidation sites excluding steroid dienone is 2. The lowest BCUT2D eigenvalue weighted by molar-refractivity contribution is -0.111. The van der Waals surface area contributed by atoms with Crippen molar-refractivity contribution in [2.45, 2.75) is 45.0 Å². The summed E-state index contributed by atoms with van der Waals surface area (Å²) in [6.45, 7) is 6.76. The highest BCUT2D eigenvalue weighted by Gasteiger charge is 2.55. The minimum atomic E-state index is -3.05. The van der Waals surface area contributed by atoms with Gasteiger partial charge in [0, 0.05) is 48.1 Å². The first-order valence-electron chi connectivity index (χ1n) is 12.8. The summed E-state index contributed by atoms with van der Waals surface area (Å²) in [6, 6.07) is 5.08. The van der Waals surface area contributed by atoms with E-state index in [4.69, 9.17) is 32.0 Å². The average Bonchev–Trinajstić information content (AvgIpc) is 2.77. The number of nitrogens with one attached hydrogen (secondary N) is 1. The Morgan fingerprint density at radius 1 is 1.31 bits per heavy atom. The zero-order valence-corrected chi connectivity index (χ0v) is 24.5. The number of Topliss-reactive ketones (excluding diaryl/α,β-unsaturated/α-hetero) is 1. The minimum Gasteiger partial charge on any atom is -0.491 e. The molecule has 1 aliphatic carbocycles. The molecule has 10 nitrogen and oxygen atoms in total. The molecule has 2 aromatic rings. The molecule has 12 heteroatoms. The summed E-state index contributed by atoms with van der Waals surface area (Å²) < 4.78 is 29.7. The zero-order valence-electron chi connectivity index (χ0n) is 22.9. The molecule has 1 spiro atoms. The Morgan fingerprint density at radius 3 is 2.54 bits per heavy atom. The maximum atomic E-state index is 12.6. The molecule has 1 saturated carbocycles. The number of carbonyl (C=O) groups excluding carboxylic acids is 1. The van der Waals surface area contributed by atoms with Crippen molar-refractivity contribution in [3.05, 3.63) is 40.2 Å². The average molecular weight is 578 g/mol. The minimum absolute atomic E-state index is 0.0475. The van der Waals surface area contributed by atoms with Gasteiger partial charge in [-0.05, 0) is 58.9 Å². The number of rotatable bonds is 10. The van der Waals surface area contributed by atoms with Gasteiger partial charge in [-0.25, -0.2) is 18.4 Å². The Balaban J connectivity index is 1.72. The Bertz CT molecular complexity index is 1410. The number of nitrogens with two attached hydrogens (primary N) is 1. The largest absolute Gasteiger partial charge is 0.491 e. The third-order valence-corrected chi connectivity index (χ3v) is 9.32. The number of nitrogens with zero attached hydrogens (tertiary/aromatic N) is 3. The topological polar surface area (TPSA) is 148 Å². The predicted molar refractivity (Wildman–Crippen MR) is 153 cm³/mol. The van der Waals surface area contributed by atoms with Gasteiger partial charge in [-0.15, -0.1) is 0 Å². The van der Waals surface area contributed by atoms with Crippen molar-refractivity contribution in [1.82, 2.24) is 15.3 Å². The number of ketones is 1. The number of hydrogen-bond donors (Lipinski definition) is 3. The molecule has 0 bridgehead atoms. The maximum Gasteiger partial charge on any atom is 0.163 e. The fraction of sp³-hybridized carbons (Fsp3) is 0.519. The van der Waals surface area contributed by atoms with Crippen LogP contribution < -0.4 is 20.7 Å². The van der Waals surface area contributed by atoms with E-state index >= 15 is 0 Å². The highest BCUT2D eigenvalue weighted by molar-refractivity contribution is 7.91. The molecule has 0 radical (unpaired) electrons. The molecular weight excluding hydrogens is 542 g/mol. The van der Waals surface area contributed by atoms with E-state index in [-0.39, 0.29) is 23.1 Å². The van der Waals surface area contributed by atoms with Crippen molar-refractivity contribution in [1.29, 1.82) is 0 Å². The van der Waals surface area contributed by atoms with E-state index in [0.29, 0.717) is 83.0 Å². The molecule has 39 heavy (non-hydrogen) atoms. The first-order chi connectivity index (χ1) is 18.2. The van der Waals surface area contributed by atoms with E-state index in [1.165, 1.54) is 13.2 Å². The van der Waals surface area contributed by atoms with Gasteiger partial charge in [-0.3, -0.25) is 4.79 Å². The summed E-state index contributed by atoms with van der Waals surface area (Å²) in [5, 5.41) is 13.0. The van der Waals surface area contributed by atoms with Gasteiger partial charge in [0.2, 0.25) is 0 Å². The number of sulfone groups is 1. The van der Waals surface area contributed by atoms with Crippen LogP contribution in [0.2, 0.25) is 5.02 Å². The van der Waals surface area contributed by atoms with Gasteiger partial charge < -0.3 is 25.8 Å². The van der Waals surface area contributed by atoms with E-state index in [9.17, 15) is 18.3 Å². The van der Waals surface area contributed by atoms with Crippen molar-refractivity contribution in [3.63, 3.8) is 0 Å². The van der Waals surface area contributed by atoms with Gasteiger partial charge in [0.05, 0.1) is 21.5 Å². The van der Waals surface area contributed by atoms with Crippen molar-refractivity contribution >= 4 is 38.6 Å². The van der Waals surface area contributed by atoms with E-state index in [1.807, 2.05) is 6.92 Å².